The van der Waals surface area contributed by atoms with E-state index in [1.807, 2.05) is 37.3 Å². The van der Waals surface area contributed by atoms with Gasteiger partial charge in [-0.1, -0.05) is 42.5 Å². The van der Waals surface area contributed by atoms with E-state index < -0.39 is 22.5 Å². The van der Waals surface area contributed by atoms with Crippen molar-refractivity contribution in [1.82, 2.24) is 9.73 Å². The summed E-state index contributed by atoms with van der Waals surface area (Å²) in [5.74, 6) is 0.599. The molecule has 3 aromatic rings. The fraction of sp³-hybridized carbons (Fsp3) is 0.200. The van der Waals surface area contributed by atoms with Crippen LogP contribution in [-0.4, -0.2) is 45.1 Å². The Bertz CT molecular complexity index is 1210. The highest BCUT2D eigenvalue weighted by atomic mass is 32.2. The van der Waals surface area contributed by atoms with Crippen LogP contribution in [0.15, 0.2) is 88.9 Å². The molecule has 0 aliphatic carbocycles. The molecular weight excluding hydrogens is 454 g/mol. The van der Waals surface area contributed by atoms with Crippen LogP contribution >= 0.6 is 0 Å². The summed E-state index contributed by atoms with van der Waals surface area (Å²) in [6.45, 7) is 1.99. The van der Waals surface area contributed by atoms with Gasteiger partial charge in [0, 0.05) is 12.1 Å². The number of hydrazone groups is 1. The van der Waals surface area contributed by atoms with Crippen molar-refractivity contribution >= 4 is 22.1 Å². The third-order valence-electron chi connectivity index (χ3n) is 4.83. The van der Waals surface area contributed by atoms with Crippen molar-refractivity contribution in [2.45, 2.75) is 18.4 Å². The van der Waals surface area contributed by atoms with Gasteiger partial charge in [-0.2, -0.15) is 9.41 Å². The Morgan fingerprint density at radius 1 is 1.00 bits per heavy atom. The summed E-state index contributed by atoms with van der Waals surface area (Å²) in [4.78, 5) is 12.7. The molecule has 0 unspecified atom stereocenters. The van der Waals surface area contributed by atoms with Crippen LogP contribution in [0.4, 0.5) is 0 Å². The van der Waals surface area contributed by atoms with Crippen LogP contribution in [0.25, 0.3) is 0 Å². The van der Waals surface area contributed by atoms with E-state index in [-0.39, 0.29) is 11.4 Å². The van der Waals surface area contributed by atoms with Crippen LogP contribution in [0.1, 0.15) is 18.1 Å². The van der Waals surface area contributed by atoms with Crippen molar-refractivity contribution in [1.29, 1.82) is 0 Å². The number of nitrogens with one attached hydrogen (secondary N) is 1. The number of ether oxygens (including phenoxy) is 2. The maximum atomic E-state index is 13.3. The predicted octanol–water partition coefficient (Wildman–Crippen LogP) is 3.44. The van der Waals surface area contributed by atoms with Gasteiger partial charge in [0.1, 0.15) is 11.5 Å². The number of benzene rings is 3. The molecule has 0 aliphatic heterocycles. The lowest BCUT2D eigenvalue weighted by atomic mass is 10.2. The quantitative estimate of drug-likeness (QED) is 0.334. The molecule has 0 atom stereocenters. The first-order valence-corrected chi connectivity index (χ1v) is 12.1. The number of hydrogen-bond acceptors (Lipinski definition) is 6. The number of sulfonamides is 1. The average Bonchev–Trinajstić information content (AvgIpc) is 2.85. The van der Waals surface area contributed by atoms with Crippen LogP contribution in [0.5, 0.6) is 11.5 Å². The second-order valence-electron chi connectivity index (χ2n) is 7.20. The summed E-state index contributed by atoms with van der Waals surface area (Å²) in [5, 5.41) is 3.98. The largest absolute Gasteiger partial charge is 0.497 e. The second-order valence-corrected chi connectivity index (χ2v) is 9.14. The van der Waals surface area contributed by atoms with Gasteiger partial charge in [-0.3, -0.25) is 4.79 Å². The summed E-state index contributed by atoms with van der Waals surface area (Å²) in [6, 6.07) is 22.4. The maximum absolute atomic E-state index is 13.3. The first kappa shape index (κ1) is 24.9. The number of carbonyl (C=O) groups is 1. The van der Waals surface area contributed by atoms with E-state index in [1.165, 1.54) is 25.5 Å². The number of nitrogens with zero attached hydrogens (tertiary/aromatic N) is 2. The first-order chi connectivity index (χ1) is 16.4. The molecule has 1 N–H and O–H groups in total. The van der Waals surface area contributed by atoms with Crippen LogP contribution in [0.3, 0.4) is 0 Å². The van der Waals surface area contributed by atoms with E-state index in [1.54, 1.807) is 36.4 Å². The number of methoxy groups -OCH3 is 1. The number of rotatable bonds is 11. The lowest BCUT2D eigenvalue weighted by Gasteiger charge is -2.21. The summed E-state index contributed by atoms with van der Waals surface area (Å²) >= 11 is 0. The molecule has 1 amide bonds. The minimum Gasteiger partial charge on any atom is -0.497 e. The van der Waals surface area contributed by atoms with Crippen LogP contribution in [0.2, 0.25) is 0 Å². The summed E-state index contributed by atoms with van der Waals surface area (Å²) in [5.41, 5.74) is 3.85. The van der Waals surface area contributed by atoms with E-state index in [0.29, 0.717) is 23.7 Å². The number of amides is 1. The van der Waals surface area contributed by atoms with Gasteiger partial charge >= 0.3 is 0 Å². The van der Waals surface area contributed by atoms with Crippen LogP contribution in [-0.2, 0) is 21.4 Å². The van der Waals surface area contributed by atoms with Crippen LogP contribution in [0, 0.1) is 0 Å². The molecule has 3 aromatic carbocycles. The van der Waals surface area contributed by atoms with Gasteiger partial charge in [-0.15, -0.1) is 0 Å². The van der Waals surface area contributed by atoms with E-state index in [2.05, 4.69) is 10.5 Å². The van der Waals surface area contributed by atoms with Crippen molar-refractivity contribution in [2.75, 3.05) is 20.3 Å². The zero-order valence-electron chi connectivity index (χ0n) is 19.0. The van der Waals surface area contributed by atoms with E-state index in [4.69, 9.17) is 9.47 Å². The summed E-state index contributed by atoms with van der Waals surface area (Å²) in [7, 11) is -2.46. The normalized spacial score (nSPS) is 11.5. The van der Waals surface area contributed by atoms with Gasteiger partial charge in [-0.05, 0) is 48.9 Å². The smallest absolute Gasteiger partial charge is 0.255 e. The lowest BCUT2D eigenvalue weighted by Crippen LogP contribution is -2.39. The predicted molar refractivity (Wildman–Crippen MR) is 130 cm³/mol. The van der Waals surface area contributed by atoms with Crippen molar-refractivity contribution in [2.24, 2.45) is 5.10 Å². The summed E-state index contributed by atoms with van der Waals surface area (Å²) in [6.07, 6.45) is 1.46. The highest BCUT2D eigenvalue weighted by Gasteiger charge is 2.27. The molecule has 0 bridgehead atoms. The average molecular weight is 482 g/mol. The van der Waals surface area contributed by atoms with Gasteiger partial charge in [0.15, 0.2) is 0 Å². The lowest BCUT2D eigenvalue weighted by molar-refractivity contribution is -0.121. The van der Waals surface area contributed by atoms with Crippen molar-refractivity contribution in [3.63, 3.8) is 0 Å². The van der Waals surface area contributed by atoms with Crippen LogP contribution < -0.4 is 14.9 Å². The molecule has 0 spiro atoms. The molecule has 0 aliphatic rings. The molecule has 0 heterocycles. The molecule has 178 valence electrons. The monoisotopic (exact) mass is 481 g/mol. The fourth-order valence-electron chi connectivity index (χ4n) is 3.15. The third-order valence-corrected chi connectivity index (χ3v) is 6.64. The molecule has 34 heavy (non-hydrogen) atoms. The molecule has 0 radical (unpaired) electrons. The van der Waals surface area contributed by atoms with Crippen molar-refractivity contribution < 1.29 is 22.7 Å². The SMILES string of the molecule is CCOc1ccccc1/C=N\NC(=O)CN(Cc1ccccc1)S(=O)(=O)c1ccc(OC)cc1. The highest BCUT2D eigenvalue weighted by Crippen LogP contribution is 2.21. The first-order valence-electron chi connectivity index (χ1n) is 10.7. The van der Waals surface area contributed by atoms with E-state index in [9.17, 15) is 13.2 Å². The Morgan fingerprint density at radius 2 is 1.68 bits per heavy atom. The minimum absolute atomic E-state index is 0.0273. The zero-order chi connectivity index (χ0) is 24.4. The van der Waals surface area contributed by atoms with E-state index in [0.717, 1.165) is 9.87 Å². The molecule has 0 saturated heterocycles. The highest BCUT2D eigenvalue weighted by molar-refractivity contribution is 7.89. The molecule has 9 heteroatoms. The molecule has 0 fully saturated rings. The standard InChI is InChI=1S/C25H27N3O5S/c1-3-33-24-12-8-7-11-21(24)17-26-27-25(29)19-28(18-20-9-5-4-6-10-20)34(30,31)23-15-13-22(32-2)14-16-23/h4-17H,3,18-19H2,1-2H3,(H,27,29)/b26-17-. The fourth-order valence-corrected chi connectivity index (χ4v) is 4.54. The molecule has 8 nitrogen and oxygen atoms in total. The Kier molecular flexibility index (Phi) is 8.78. The molecule has 0 aromatic heterocycles. The Labute approximate surface area is 199 Å². The van der Waals surface area contributed by atoms with Gasteiger partial charge in [0.05, 0.1) is 31.4 Å². The zero-order valence-corrected chi connectivity index (χ0v) is 19.9. The van der Waals surface area contributed by atoms with Gasteiger partial charge in [0.25, 0.3) is 5.91 Å². The number of para-hydroxylation sites is 1. The molecule has 3 rings (SSSR count). The maximum Gasteiger partial charge on any atom is 0.255 e. The number of hydrogen-bond donors (Lipinski definition) is 1. The Hall–Kier alpha value is -3.69. The summed E-state index contributed by atoms with van der Waals surface area (Å²) < 4.78 is 38.4. The van der Waals surface area contributed by atoms with Gasteiger partial charge in [0.2, 0.25) is 10.0 Å². The van der Waals surface area contributed by atoms with E-state index >= 15 is 0 Å². The molecule has 0 saturated carbocycles. The third kappa shape index (κ3) is 6.66. The van der Waals surface area contributed by atoms with Gasteiger partial charge in [-0.25, -0.2) is 13.8 Å². The van der Waals surface area contributed by atoms with Gasteiger partial charge < -0.3 is 9.47 Å². The molecular formula is C25H27N3O5S. The van der Waals surface area contributed by atoms with Crippen molar-refractivity contribution in [3.05, 3.63) is 90.0 Å². The second kappa shape index (κ2) is 12.0. The number of carbonyl (C=O) groups excluding carboxylic acids is 1. The minimum atomic E-state index is -3.97. The Morgan fingerprint density at radius 3 is 2.35 bits per heavy atom. The topological polar surface area (TPSA) is 97.3 Å². The van der Waals surface area contributed by atoms with Crippen molar-refractivity contribution in [3.8, 4) is 11.5 Å². The Balaban J connectivity index is 1.77.